The second-order valence-corrected chi connectivity index (χ2v) is 5.54. The molecule has 0 saturated carbocycles. The number of rotatable bonds is 6. The molecule has 0 amide bonds. The van der Waals surface area contributed by atoms with Crippen molar-refractivity contribution in [3.8, 4) is 11.5 Å². The summed E-state index contributed by atoms with van der Waals surface area (Å²) in [5, 5.41) is 23.2. The number of hydrogen-bond acceptors (Lipinski definition) is 4. The van der Waals surface area contributed by atoms with Gasteiger partial charge in [-0.05, 0) is 24.6 Å². The zero-order chi connectivity index (χ0) is 14.4. The van der Waals surface area contributed by atoms with Gasteiger partial charge in [0.25, 0.3) is 0 Å². The molecule has 2 rings (SSSR count). The van der Waals surface area contributed by atoms with E-state index < -0.39 is 0 Å². The number of piperazine rings is 1. The monoisotopic (exact) mass is 278 g/mol. The summed E-state index contributed by atoms with van der Waals surface area (Å²) >= 11 is 0. The van der Waals surface area contributed by atoms with Crippen molar-refractivity contribution in [1.29, 1.82) is 0 Å². The first kappa shape index (κ1) is 15.1. The van der Waals surface area contributed by atoms with Crippen LogP contribution in [0.4, 0.5) is 0 Å². The molecule has 1 aromatic rings. The fraction of sp³-hybridized carbons (Fsp3) is 0.625. The van der Waals surface area contributed by atoms with Crippen LogP contribution in [0.5, 0.6) is 11.5 Å². The van der Waals surface area contributed by atoms with Gasteiger partial charge in [0.2, 0.25) is 0 Å². The lowest BCUT2D eigenvalue weighted by Crippen LogP contribution is -2.45. The zero-order valence-electron chi connectivity index (χ0n) is 12.3. The molecule has 0 aliphatic carbocycles. The molecule has 1 aromatic carbocycles. The van der Waals surface area contributed by atoms with Crippen LogP contribution in [0.3, 0.4) is 0 Å². The van der Waals surface area contributed by atoms with E-state index in [0.717, 1.165) is 44.6 Å². The highest BCUT2D eigenvalue weighted by atomic mass is 16.3. The highest BCUT2D eigenvalue weighted by Gasteiger charge is 2.24. The Morgan fingerprint density at radius 1 is 1.20 bits per heavy atom. The Balaban J connectivity index is 2.17. The number of hydrogen-bond donors (Lipinski definition) is 3. The average Bonchev–Trinajstić information content (AvgIpc) is 2.48. The van der Waals surface area contributed by atoms with Crippen molar-refractivity contribution in [1.82, 2.24) is 10.2 Å². The summed E-state index contributed by atoms with van der Waals surface area (Å²) in [6.07, 6.45) is 4.59. The highest BCUT2D eigenvalue weighted by Crippen LogP contribution is 2.35. The number of unbranched alkanes of at least 4 members (excludes halogenated alkanes) is 2. The van der Waals surface area contributed by atoms with Gasteiger partial charge in [-0.3, -0.25) is 4.90 Å². The van der Waals surface area contributed by atoms with Crippen molar-refractivity contribution in [3.05, 3.63) is 23.8 Å². The average molecular weight is 278 g/mol. The fourth-order valence-corrected chi connectivity index (χ4v) is 2.93. The highest BCUT2D eigenvalue weighted by molar-refractivity contribution is 5.40. The molecule has 0 aromatic heterocycles. The van der Waals surface area contributed by atoms with E-state index in [1.807, 2.05) is 0 Å². The molecule has 20 heavy (non-hydrogen) atoms. The maximum atomic E-state index is 10.1. The predicted molar refractivity (Wildman–Crippen MR) is 81.1 cm³/mol. The molecule has 1 saturated heterocycles. The molecule has 1 atom stereocenters. The van der Waals surface area contributed by atoms with Gasteiger partial charge in [0, 0.05) is 37.8 Å². The molecule has 3 N–H and O–H groups in total. The molecule has 0 unspecified atom stereocenters. The minimum absolute atomic E-state index is 0.204. The third-order valence-corrected chi connectivity index (χ3v) is 4.04. The Morgan fingerprint density at radius 2 is 1.95 bits per heavy atom. The van der Waals surface area contributed by atoms with Gasteiger partial charge in [-0.2, -0.15) is 0 Å². The van der Waals surface area contributed by atoms with Gasteiger partial charge in [-0.15, -0.1) is 0 Å². The number of phenolic OH excluding ortho intramolecular Hbond substituents is 2. The van der Waals surface area contributed by atoms with Crippen LogP contribution in [0.15, 0.2) is 18.2 Å². The second kappa shape index (κ2) is 7.50. The van der Waals surface area contributed by atoms with Crippen LogP contribution >= 0.6 is 0 Å². The van der Waals surface area contributed by atoms with Gasteiger partial charge in [0.1, 0.15) is 11.5 Å². The van der Waals surface area contributed by atoms with Crippen molar-refractivity contribution >= 4 is 0 Å². The third kappa shape index (κ3) is 3.87. The molecule has 0 radical (unpaired) electrons. The molecular formula is C16H26N2O2. The number of benzene rings is 1. The lowest BCUT2D eigenvalue weighted by Gasteiger charge is -2.35. The van der Waals surface area contributed by atoms with Crippen molar-refractivity contribution in [2.75, 3.05) is 26.2 Å². The molecule has 112 valence electrons. The minimum atomic E-state index is 0.204. The van der Waals surface area contributed by atoms with Crippen molar-refractivity contribution in [2.24, 2.45) is 0 Å². The van der Waals surface area contributed by atoms with Crippen molar-refractivity contribution in [2.45, 2.75) is 38.6 Å². The van der Waals surface area contributed by atoms with Gasteiger partial charge < -0.3 is 15.5 Å². The quantitative estimate of drug-likeness (QED) is 0.553. The smallest absolute Gasteiger partial charge is 0.120 e. The van der Waals surface area contributed by atoms with Crippen LogP contribution in [0.2, 0.25) is 0 Å². The van der Waals surface area contributed by atoms with Crippen molar-refractivity contribution in [3.63, 3.8) is 0 Å². The number of nitrogens with zero attached hydrogens (tertiary/aromatic N) is 1. The third-order valence-electron chi connectivity index (χ3n) is 4.04. The van der Waals surface area contributed by atoms with E-state index >= 15 is 0 Å². The first-order chi connectivity index (χ1) is 9.72. The van der Waals surface area contributed by atoms with Gasteiger partial charge in [0.15, 0.2) is 0 Å². The molecule has 1 heterocycles. The minimum Gasteiger partial charge on any atom is -0.508 e. The van der Waals surface area contributed by atoms with E-state index in [2.05, 4.69) is 17.1 Å². The molecule has 1 aliphatic heterocycles. The van der Waals surface area contributed by atoms with Gasteiger partial charge in [-0.25, -0.2) is 0 Å². The summed E-state index contributed by atoms with van der Waals surface area (Å²) in [5.41, 5.74) is 0.864. The van der Waals surface area contributed by atoms with Crippen LogP contribution in [0.25, 0.3) is 0 Å². The first-order valence-corrected chi connectivity index (χ1v) is 7.69. The Bertz CT molecular complexity index is 417. The summed E-state index contributed by atoms with van der Waals surface area (Å²) in [6.45, 7) is 6.16. The maximum Gasteiger partial charge on any atom is 0.120 e. The van der Waals surface area contributed by atoms with Crippen LogP contribution in [0, 0.1) is 0 Å². The summed E-state index contributed by atoms with van der Waals surface area (Å²) in [5.74, 6) is 0.524. The molecular weight excluding hydrogens is 252 g/mol. The predicted octanol–water partition coefficient (Wildman–Crippen LogP) is 2.62. The largest absolute Gasteiger partial charge is 0.508 e. The van der Waals surface area contributed by atoms with Gasteiger partial charge >= 0.3 is 0 Å². The van der Waals surface area contributed by atoms with Crippen LogP contribution < -0.4 is 5.32 Å². The Hall–Kier alpha value is -1.26. The van der Waals surface area contributed by atoms with E-state index in [1.54, 1.807) is 18.2 Å². The van der Waals surface area contributed by atoms with E-state index in [9.17, 15) is 10.2 Å². The number of phenols is 2. The van der Waals surface area contributed by atoms with E-state index in [-0.39, 0.29) is 11.8 Å². The van der Waals surface area contributed by atoms with Crippen molar-refractivity contribution < 1.29 is 10.2 Å². The van der Waals surface area contributed by atoms with E-state index in [4.69, 9.17) is 0 Å². The Labute approximate surface area is 121 Å². The Kier molecular flexibility index (Phi) is 5.68. The molecule has 1 aliphatic rings. The summed E-state index contributed by atoms with van der Waals surface area (Å²) in [7, 11) is 0. The summed E-state index contributed by atoms with van der Waals surface area (Å²) < 4.78 is 0. The second-order valence-electron chi connectivity index (χ2n) is 5.54. The summed E-state index contributed by atoms with van der Waals surface area (Å²) in [4.78, 5) is 2.42. The maximum absolute atomic E-state index is 10.1. The molecule has 0 spiro atoms. The Morgan fingerprint density at radius 3 is 2.65 bits per heavy atom. The lowest BCUT2D eigenvalue weighted by molar-refractivity contribution is 0.160. The molecule has 0 bridgehead atoms. The number of nitrogens with one attached hydrogen (secondary N) is 1. The van der Waals surface area contributed by atoms with E-state index in [0.29, 0.717) is 5.75 Å². The molecule has 4 heteroatoms. The molecule has 4 nitrogen and oxygen atoms in total. The standard InChI is InChI=1S/C16H26N2O2/c1-2-3-4-5-15(18-10-8-17-9-11-18)14-12-13(19)6-7-16(14)20/h6-7,12,15,17,19-20H,2-5,8-11H2,1H3/t15-/m0/s1. The topological polar surface area (TPSA) is 55.7 Å². The fourth-order valence-electron chi connectivity index (χ4n) is 2.93. The lowest BCUT2D eigenvalue weighted by atomic mass is 9.97. The van der Waals surface area contributed by atoms with Crippen LogP contribution in [-0.2, 0) is 0 Å². The van der Waals surface area contributed by atoms with Crippen LogP contribution in [-0.4, -0.2) is 41.3 Å². The SMILES string of the molecule is CCCCC[C@@H](c1cc(O)ccc1O)N1CCNCC1. The normalized spacial score (nSPS) is 18.1. The van der Waals surface area contributed by atoms with E-state index in [1.165, 1.54) is 12.8 Å². The van der Waals surface area contributed by atoms with Gasteiger partial charge in [0.05, 0.1) is 0 Å². The molecule has 1 fully saturated rings. The zero-order valence-corrected chi connectivity index (χ0v) is 12.3. The summed E-state index contributed by atoms with van der Waals surface area (Å²) in [6, 6.07) is 5.06. The van der Waals surface area contributed by atoms with Crippen LogP contribution in [0.1, 0.15) is 44.2 Å². The van der Waals surface area contributed by atoms with Gasteiger partial charge in [-0.1, -0.05) is 26.2 Å². The number of aromatic hydroxyl groups is 2. The first-order valence-electron chi connectivity index (χ1n) is 7.69.